The van der Waals surface area contributed by atoms with Crippen molar-refractivity contribution in [2.24, 2.45) is 0 Å². The molecule has 1 aromatic heterocycles. The Kier molecular flexibility index (Phi) is 5.03. The fourth-order valence-corrected chi connectivity index (χ4v) is 3.20. The Balaban J connectivity index is 1.64. The van der Waals surface area contributed by atoms with E-state index >= 15 is 0 Å². The molecule has 1 fully saturated rings. The molecule has 128 valence electrons. The largest absolute Gasteiger partial charge is 0.497 e. The summed E-state index contributed by atoms with van der Waals surface area (Å²) >= 11 is 0. The van der Waals surface area contributed by atoms with E-state index in [1.165, 1.54) is 0 Å². The summed E-state index contributed by atoms with van der Waals surface area (Å²) in [5.74, 6) is 2.16. The predicted molar refractivity (Wildman–Crippen MR) is 93.5 cm³/mol. The summed E-state index contributed by atoms with van der Waals surface area (Å²) in [4.78, 5) is 18.9. The first-order valence-corrected chi connectivity index (χ1v) is 8.42. The molecule has 0 saturated carbocycles. The lowest BCUT2D eigenvalue weighted by atomic mass is 9.97. The molecule has 1 aliphatic heterocycles. The van der Waals surface area contributed by atoms with Crippen LogP contribution in [0.3, 0.4) is 0 Å². The highest BCUT2D eigenvalue weighted by molar-refractivity contribution is 5.89. The van der Waals surface area contributed by atoms with E-state index in [2.05, 4.69) is 21.8 Å². The van der Waals surface area contributed by atoms with E-state index in [1.54, 1.807) is 7.11 Å². The van der Waals surface area contributed by atoms with Gasteiger partial charge in [-0.15, -0.1) is 0 Å². The van der Waals surface area contributed by atoms with Crippen LogP contribution in [0.5, 0.6) is 5.75 Å². The summed E-state index contributed by atoms with van der Waals surface area (Å²) in [6.07, 6.45) is 5.92. The molecule has 0 aliphatic carbocycles. The highest BCUT2D eigenvalue weighted by Crippen LogP contribution is 2.26. The van der Waals surface area contributed by atoms with Gasteiger partial charge in [-0.3, -0.25) is 0 Å². The van der Waals surface area contributed by atoms with Crippen LogP contribution >= 0.6 is 0 Å². The summed E-state index contributed by atoms with van der Waals surface area (Å²) in [6, 6.07) is 7.32. The van der Waals surface area contributed by atoms with Crippen molar-refractivity contribution in [3.63, 3.8) is 0 Å². The minimum atomic E-state index is -0.0560. The average molecular weight is 328 g/mol. The van der Waals surface area contributed by atoms with Crippen LogP contribution in [0.15, 0.2) is 36.7 Å². The third kappa shape index (κ3) is 3.53. The Labute approximate surface area is 142 Å². The van der Waals surface area contributed by atoms with Crippen LogP contribution in [0.25, 0.3) is 0 Å². The molecule has 6 heteroatoms. The normalized spacial score (nSPS) is 17.6. The van der Waals surface area contributed by atoms with Crippen LogP contribution in [0.2, 0.25) is 0 Å². The number of carbonyl (C=O) groups excluding carboxylic acids is 1. The Morgan fingerprint density at radius 1 is 1.38 bits per heavy atom. The Hall–Kier alpha value is -2.50. The van der Waals surface area contributed by atoms with Gasteiger partial charge in [-0.1, -0.05) is 0 Å². The number of hydrogen-bond donors (Lipinski definition) is 1. The predicted octanol–water partition coefficient (Wildman–Crippen LogP) is 3.32. The van der Waals surface area contributed by atoms with E-state index in [1.807, 2.05) is 41.6 Å². The second kappa shape index (κ2) is 7.38. The van der Waals surface area contributed by atoms with Crippen LogP contribution < -0.4 is 10.1 Å². The van der Waals surface area contributed by atoms with Gasteiger partial charge in [0.1, 0.15) is 11.6 Å². The standard InChI is InChI=1S/C18H24N4O2/c1-3-21-12-10-19-17(21)14-5-4-11-22(13-14)18(23)20-15-6-8-16(24-2)9-7-15/h6-10,12,14H,3-5,11,13H2,1-2H3,(H,20,23). The zero-order valence-corrected chi connectivity index (χ0v) is 14.2. The van der Waals surface area contributed by atoms with E-state index in [-0.39, 0.29) is 6.03 Å². The van der Waals surface area contributed by atoms with Crippen LogP contribution in [0.1, 0.15) is 31.5 Å². The van der Waals surface area contributed by atoms with Crippen molar-refractivity contribution in [1.82, 2.24) is 14.5 Å². The maximum Gasteiger partial charge on any atom is 0.321 e. The summed E-state index contributed by atoms with van der Waals surface area (Å²) < 4.78 is 7.30. The first-order valence-electron chi connectivity index (χ1n) is 8.42. The van der Waals surface area contributed by atoms with Crippen molar-refractivity contribution >= 4 is 11.7 Å². The molecule has 1 unspecified atom stereocenters. The van der Waals surface area contributed by atoms with Gasteiger partial charge in [-0.25, -0.2) is 9.78 Å². The number of ether oxygens (including phenoxy) is 1. The summed E-state index contributed by atoms with van der Waals surface area (Å²) in [7, 11) is 1.63. The van der Waals surface area contributed by atoms with Crippen LogP contribution in [-0.4, -0.2) is 40.7 Å². The fraction of sp³-hybridized carbons (Fsp3) is 0.444. The van der Waals surface area contributed by atoms with E-state index < -0.39 is 0 Å². The van der Waals surface area contributed by atoms with E-state index in [4.69, 9.17) is 4.74 Å². The number of hydrogen-bond acceptors (Lipinski definition) is 3. The van der Waals surface area contributed by atoms with Gasteiger partial charge in [0.25, 0.3) is 0 Å². The lowest BCUT2D eigenvalue weighted by molar-refractivity contribution is 0.190. The van der Waals surface area contributed by atoms with E-state index in [0.717, 1.165) is 43.2 Å². The summed E-state index contributed by atoms with van der Waals surface area (Å²) in [5, 5.41) is 2.96. The molecule has 2 aromatic rings. The number of anilines is 1. The van der Waals surface area contributed by atoms with Gasteiger partial charge in [0.15, 0.2) is 0 Å². The number of benzene rings is 1. The molecule has 2 heterocycles. The topological polar surface area (TPSA) is 59.4 Å². The minimum Gasteiger partial charge on any atom is -0.497 e. The molecular weight excluding hydrogens is 304 g/mol. The van der Waals surface area contributed by atoms with Crippen LogP contribution in [-0.2, 0) is 6.54 Å². The Morgan fingerprint density at radius 2 is 2.17 bits per heavy atom. The number of methoxy groups -OCH3 is 1. The second-order valence-electron chi connectivity index (χ2n) is 6.02. The van der Waals surface area contributed by atoms with Crippen molar-refractivity contribution < 1.29 is 9.53 Å². The molecule has 0 radical (unpaired) electrons. The summed E-state index contributed by atoms with van der Waals surface area (Å²) in [6.45, 7) is 4.51. The van der Waals surface area contributed by atoms with Gasteiger partial charge in [-0.2, -0.15) is 0 Å². The minimum absolute atomic E-state index is 0.0560. The number of aromatic nitrogens is 2. The molecule has 3 rings (SSSR count). The Morgan fingerprint density at radius 3 is 2.88 bits per heavy atom. The maximum atomic E-state index is 12.5. The molecule has 1 N–H and O–H groups in total. The average Bonchev–Trinajstić information content (AvgIpc) is 3.11. The lowest BCUT2D eigenvalue weighted by Gasteiger charge is -2.32. The number of nitrogens with one attached hydrogen (secondary N) is 1. The van der Waals surface area contributed by atoms with Crippen molar-refractivity contribution in [3.05, 3.63) is 42.5 Å². The molecule has 1 atom stereocenters. The second-order valence-corrected chi connectivity index (χ2v) is 6.02. The van der Waals surface area contributed by atoms with Gasteiger partial charge < -0.3 is 19.5 Å². The van der Waals surface area contributed by atoms with Gasteiger partial charge in [-0.05, 0) is 44.0 Å². The molecule has 2 amide bonds. The third-order valence-corrected chi connectivity index (χ3v) is 4.50. The Bertz CT molecular complexity index is 681. The third-order valence-electron chi connectivity index (χ3n) is 4.50. The number of imidazole rings is 1. The number of piperidine rings is 1. The number of likely N-dealkylation sites (tertiary alicyclic amines) is 1. The fourth-order valence-electron chi connectivity index (χ4n) is 3.20. The number of aryl methyl sites for hydroxylation is 1. The zero-order chi connectivity index (χ0) is 16.9. The SMILES string of the molecule is CCn1ccnc1C1CCCN(C(=O)Nc2ccc(OC)cc2)C1. The van der Waals surface area contributed by atoms with Gasteiger partial charge in [0.05, 0.1) is 7.11 Å². The zero-order valence-electron chi connectivity index (χ0n) is 14.2. The monoisotopic (exact) mass is 328 g/mol. The van der Waals surface area contributed by atoms with Crippen LogP contribution in [0, 0.1) is 0 Å². The lowest BCUT2D eigenvalue weighted by Crippen LogP contribution is -2.42. The quantitative estimate of drug-likeness (QED) is 0.936. The smallest absolute Gasteiger partial charge is 0.321 e. The first-order chi connectivity index (χ1) is 11.7. The molecule has 1 aromatic carbocycles. The molecular formula is C18H24N4O2. The number of amides is 2. The van der Waals surface area contributed by atoms with Gasteiger partial charge >= 0.3 is 6.03 Å². The highest BCUT2D eigenvalue weighted by Gasteiger charge is 2.27. The molecule has 24 heavy (non-hydrogen) atoms. The van der Waals surface area contributed by atoms with Crippen molar-refractivity contribution in [2.75, 3.05) is 25.5 Å². The van der Waals surface area contributed by atoms with Crippen molar-refractivity contribution in [1.29, 1.82) is 0 Å². The van der Waals surface area contributed by atoms with Crippen molar-refractivity contribution in [3.8, 4) is 5.75 Å². The molecule has 6 nitrogen and oxygen atoms in total. The number of rotatable bonds is 4. The number of nitrogens with zero attached hydrogens (tertiary/aromatic N) is 3. The van der Waals surface area contributed by atoms with Gasteiger partial charge in [0.2, 0.25) is 0 Å². The number of carbonyl (C=O) groups is 1. The van der Waals surface area contributed by atoms with E-state index in [0.29, 0.717) is 12.5 Å². The highest BCUT2D eigenvalue weighted by atomic mass is 16.5. The van der Waals surface area contributed by atoms with Crippen molar-refractivity contribution in [2.45, 2.75) is 32.2 Å². The molecule has 1 saturated heterocycles. The summed E-state index contributed by atoms with van der Waals surface area (Å²) in [5.41, 5.74) is 0.776. The molecule has 0 bridgehead atoms. The number of urea groups is 1. The van der Waals surface area contributed by atoms with Gasteiger partial charge in [0, 0.05) is 43.6 Å². The molecule has 0 spiro atoms. The van der Waals surface area contributed by atoms with Crippen LogP contribution in [0.4, 0.5) is 10.5 Å². The van der Waals surface area contributed by atoms with E-state index in [9.17, 15) is 4.79 Å². The molecule has 1 aliphatic rings. The first kappa shape index (κ1) is 16.4. The maximum absolute atomic E-state index is 12.5.